The van der Waals surface area contributed by atoms with Crippen LogP contribution in [0.3, 0.4) is 0 Å². The second kappa shape index (κ2) is 6.71. The van der Waals surface area contributed by atoms with Gasteiger partial charge in [-0.15, -0.1) is 0 Å². The molecule has 0 aromatic heterocycles. The molecule has 1 heterocycles. The Bertz CT molecular complexity index is 642. The van der Waals surface area contributed by atoms with Crippen molar-refractivity contribution in [2.24, 2.45) is 0 Å². The standard InChI is InChI=1S/C18H21NO3/c1-20-17-8-7-13(11-18(17)21-2)12-19-15-9-10-22-16-6-4-3-5-14(15)16/h3-8,11,15,19H,9-10,12H2,1-2H3/t15-/m1/s1. The fourth-order valence-electron chi connectivity index (χ4n) is 2.79. The van der Waals surface area contributed by atoms with Crippen molar-refractivity contribution < 1.29 is 14.2 Å². The highest BCUT2D eigenvalue weighted by Crippen LogP contribution is 2.32. The second-order valence-corrected chi connectivity index (χ2v) is 5.30. The van der Waals surface area contributed by atoms with E-state index in [1.54, 1.807) is 14.2 Å². The first kappa shape index (κ1) is 14.7. The van der Waals surface area contributed by atoms with Gasteiger partial charge < -0.3 is 19.5 Å². The Morgan fingerprint density at radius 1 is 1.09 bits per heavy atom. The molecule has 1 N–H and O–H groups in total. The van der Waals surface area contributed by atoms with Gasteiger partial charge in [-0.1, -0.05) is 24.3 Å². The molecule has 1 aliphatic heterocycles. The Hall–Kier alpha value is -2.20. The van der Waals surface area contributed by atoms with Crippen LogP contribution in [0.1, 0.15) is 23.6 Å². The van der Waals surface area contributed by atoms with E-state index in [4.69, 9.17) is 14.2 Å². The van der Waals surface area contributed by atoms with Crippen LogP contribution >= 0.6 is 0 Å². The molecule has 0 fully saturated rings. The molecule has 0 amide bonds. The van der Waals surface area contributed by atoms with E-state index in [1.807, 2.05) is 24.3 Å². The lowest BCUT2D eigenvalue weighted by Gasteiger charge is -2.26. The van der Waals surface area contributed by atoms with Crippen LogP contribution in [0.4, 0.5) is 0 Å². The lowest BCUT2D eigenvalue weighted by atomic mass is 10.0. The number of hydrogen-bond acceptors (Lipinski definition) is 4. The maximum absolute atomic E-state index is 5.70. The Morgan fingerprint density at radius 2 is 1.91 bits per heavy atom. The van der Waals surface area contributed by atoms with E-state index in [0.717, 1.165) is 36.8 Å². The highest BCUT2D eigenvalue weighted by Gasteiger charge is 2.20. The van der Waals surface area contributed by atoms with Crippen LogP contribution < -0.4 is 19.5 Å². The third kappa shape index (κ3) is 3.02. The molecule has 22 heavy (non-hydrogen) atoms. The van der Waals surface area contributed by atoms with E-state index in [-0.39, 0.29) is 0 Å². The summed E-state index contributed by atoms with van der Waals surface area (Å²) < 4.78 is 16.3. The maximum atomic E-state index is 5.70. The lowest BCUT2D eigenvalue weighted by Crippen LogP contribution is -2.26. The molecule has 3 rings (SSSR count). The maximum Gasteiger partial charge on any atom is 0.161 e. The molecule has 0 unspecified atom stereocenters. The van der Waals surface area contributed by atoms with Gasteiger partial charge in [-0.3, -0.25) is 0 Å². The van der Waals surface area contributed by atoms with Crippen molar-refractivity contribution in [2.75, 3.05) is 20.8 Å². The quantitative estimate of drug-likeness (QED) is 0.919. The number of nitrogens with one attached hydrogen (secondary N) is 1. The second-order valence-electron chi connectivity index (χ2n) is 5.30. The van der Waals surface area contributed by atoms with Crippen molar-refractivity contribution in [2.45, 2.75) is 19.0 Å². The molecule has 1 aliphatic rings. The van der Waals surface area contributed by atoms with Crippen LogP contribution in [0.2, 0.25) is 0 Å². The van der Waals surface area contributed by atoms with Gasteiger partial charge in [-0.05, 0) is 23.8 Å². The molecule has 0 radical (unpaired) electrons. The fourth-order valence-corrected chi connectivity index (χ4v) is 2.79. The minimum Gasteiger partial charge on any atom is -0.493 e. The van der Waals surface area contributed by atoms with Crippen LogP contribution in [-0.2, 0) is 6.54 Å². The van der Waals surface area contributed by atoms with E-state index in [2.05, 4.69) is 23.5 Å². The molecular formula is C18H21NO3. The zero-order valence-corrected chi connectivity index (χ0v) is 13.0. The lowest BCUT2D eigenvalue weighted by molar-refractivity contribution is 0.252. The fraction of sp³-hybridized carbons (Fsp3) is 0.333. The summed E-state index contributed by atoms with van der Waals surface area (Å²) in [6.45, 7) is 1.53. The van der Waals surface area contributed by atoms with E-state index >= 15 is 0 Å². The van der Waals surface area contributed by atoms with Crippen LogP contribution in [0.15, 0.2) is 42.5 Å². The topological polar surface area (TPSA) is 39.7 Å². The Kier molecular flexibility index (Phi) is 4.49. The van der Waals surface area contributed by atoms with Gasteiger partial charge in [-0.25, -0.2) is 0 Å². The molecule has 0 spiro atoms. The molecule has 0 saturated carbocycles. The van der Waals surface area contributed by atoms with Gasteiger partial charge in [0.1, 0.15) is 5.75 Å². The van der Waals surface area contributed by atoms with Crippen LogP contribution in [0.25, 0.3) is 0 Å². The molecule has 1 atom stereocenters. The zero-order chi connectivity index (χ0) is 15.4. The number of rotatable bonds is 5. The van der Waals surface area contributed by atoms with Gasteiger partial charge in [0.2, 0.25) is 0 Å². The van der Waals surface area contributed by atoms with Crippen LogP contribution in [0.5, 0.6) is 17.2 Å². The van der Waals surface area contributed by atoms with Crippen LogP contribution in [0, 0.1) is 0 Å². The molecule has 0 saturated heterocycles. The zero-order valence-electron chi connectivity index (χ0n) is 13.0. The summed E-state index contributed by atoms with van der Waals surface area (Å²) in [5, 5.41) is 3.61. The molecule has 0 bridgehead atoms. The van der Waals surface area contributed by atoms with Gasteiger partial charge in [0.15, 0.2) is 11.5 Å². The average Bonchev–Trinajstić information content (AvgIpc) is 2.59. The number of hydrogen-bond donors (Lipinski definition) is 1. The molecule has 4 nitrogen and oxygen atoms in total. The Balaban J connectivity index is 1.71. The number of ether oxygens (including phenoxy) is 3. The smallest absolute Gasteiger partial charge is 0.161 e. The number of para-hydroxylation sites is 1. The summed E-state index contributed by atoms with van der Waals surface area (Å²) in [4.78, 5) is 0. The summed E-state index contributed by atoms with van der Waals surface area (Å²) in [6, 6.07) is 14.5. The van der Waals surface area contributed by atoms with Gasteiger partial charge in [0, 0.05) is 24.6 Å². The van der Waals surface area contributed by atoms with E-state index in [0.29, 0.717) is 6.04 Å². The van der Waals surface area contributed by atoms with Crippen LogP contribution in [-0.4, -0.2) is 20.8 Å². The average molecular weight is 299 g/mol. The summed E-state index contributed by atoms with van der Waals surface area (Å²) in [7, 11) is 3.30. The molecule has 4 heteroatoms. The normalized spacial score (nSPS) is 16.5. The van der Waals surface area contributed by atoms with Crippen molar-refractivity contribution in [1.82, 2.24) is 5.32 Å². The SMILES string of the molecule is COc1ccc(CN[C@@H]2CCOc3ccccc32)cc1OC. The molecule has 116 valence electrons. The molecule has 2 aromatic carbocycles. The van der Waals surface area contributed by atoms with Crippen molar-refractivity contribution in [1.29, 1.82) is 0 Å². The third-order valence-electron chi connectivity index (χ3n) is 3.96. The van der Waals surface area contributed by atoms with Gasteiger partial charge in [-0.2, -0.15) is 0 Å². The summed E-state index contributed by atoms with van der Waals surface area (Å²) >= 11 is 0. The highest BCUT2D eigenvalue weighted by atomic mass is 16.5. The minimum absolute atomic E-state index is 0.318. The minimum atomic E-state index is 0.318. The Labute approximate surface area is 131 Å². The van der Waals surface area contributed by atoms with Gasteiger partial charge in [0.25, 0.3) is 0 Å². The number of fused-ring (bicyclic) bond motifs is 1. The van der Waals surface area contributed by atoms with E-state index in [1.165, 1.54) is 11.1 Å². The molecule has 2 aromatic rings. The van der Waals surface area contributed by atoms with Crippen molar-refractivity contribution >= 4 is 0 Å². The van der Waals surface area contributed by atoms with Gasteiger partial charge in [0.05, 0.1) is 20.8 Å². The summed E-state index contributed by atoms with van der Waals surface area (Å²) in [5.74, 6) is 2.50. The number of benzene rings is 2. The predicted molar refractivity (Wildman–Crippen MR) is 85.7 cm³/mol. The van der Waals surface area contributed by atoms with Crippen molar-refractivity contribution in [3.8, 4) is 17.2 Å². The highest BCUT2D eigenvalue weighted by molar-refractivity contribution is 5.43. The molecular weight excluding hydrogens is 278 g/mol. The first-order chi connectivity index (χ1) is 10.8. The first-order valence-corrected chi connectivity index (χ1v) is 7.48. The monoisotopic (exact) mass is 299 g/mol. The first-order valence-electron chi connectivity index (χ1n) is 7.48. The Morgan fingerprint density at radius 3 is 2.73 bits per heavy atom. The third-order valence-corrected chi connectivity index (χ3v) is 3.96. The largest absolute Gasteiger partial charge is 0.493 e. The van der Waals surface area contributed by atoms with Gasteiger partial charge >= 0.3 is 0 Å². The van der Waals surface area contributed by atoms with E-state index < -0.39 is 0 Å². The molecule has 0 aliphatic carbocycles. The summed E-state index contributed by atoms with van der Waals surface area (Å²) in [5.41, 5.74) is 2.40. The number of methoxy groups -OCH3 is 2. The predicted octanol–water partition coefficient (Wildman–Crippen LogP) is 3.32. The van der Waals surface area contributed by atoms with E-state index in [9.17, 15) is 0 Å². The van der Waals surface area contributed by atoms with Crippen molar-refractivity contribution in [3.63, 3.8) is 0 Å². The summed E-state index contributed by atoms with van der Waals surface area (Å²) in [6.07, 6.45) is 0.976. The van der Waals surface area contributed by atoms with Crippen molar-refractivity contribution in [3.05, 3.63) is 53.6 Å².